The van der Waals surface area contributed by atoms with Crippen LogP contribution in [-0.4, -0.2) is 24.7 Å². The zero-order valence-corrected chi connectivity index (χ0v) is 11.1. The van der Waals surface area contributed by atoms with Gasteiger partial charge in [-0.15, -0.1) is 11.3 Å². The molecular formula is C13H17N3OS. The quantitative estimate of drug-likeness (QED) is 0.616. The molecule has 5 heteroatoms. The number of hydrogen-bond donors (Lipinski definition) is 2. The van der Waals surface area contributed by atoms with Gasteiger partial charge in [-0.25, -0.2) is 4.98 Å². The summed E-state index contributed by atoms with van der Waals surface area (Å²) >= 11 is 1.65. The minimum absolute atomic E-state index is 0.102. The normalized spacial score (nSPS) is 12.6. The fourth-order valence-corrected chi connectivity index (χ4v) is 2.61. The maximum absolute atomic E-state index is 5.47. The van der Waals surface area contributed by atoms with E-state index in [4.69, 9.17) is 10.6 Å². The van der Waals surface area contributed by atoms with Gasteiger partial charge in [-0.1, -0.05) is 30.3 Å². The third-order valence-corrected chi connectivity index (χ3v) is 3.52. The summed E-state index contributed by atoms with van der Waals surface area (Å²) in [5.74, 6) is 5.47. The molecule has 3 N–H and O–H groups in total. The summed E-state index contributed by atoms with van der Waals surface area (Å²) in [5, 5.41) is 3.14. The Morgan fingerprint density at radius 1 is 1.39 bits per heavy atom. The molecule has 1 unspecified atom stereocenters. The summed E-state index contributed by atoms with van der Waals surface area (Å²) in [6, 6.07) is 10.3. The molecule has 0 radical (unpaired) electrons. The lowest BCUT2D eigenvalue weighted by molar-refractivity contribution is 0.166. The third kappa shape index (κ3) is 3.36. The first-order chi connectivity index (χ1) is 8.83. The van der Waals surface area contributed by atoms with E-state index in [2.05, 4.69) is 27.9 Å². The summed E-state index contributed by atoms with van der Waals surface area (Å²) < 4.78 is 5.09. The molecule has 0 aliphatic heterocycles. The zero-order chi connectivity index (χ0) is 12.8. The van der Waals surface area contributed by atoms with Crippen LogP contribution in [0.4, 0.5) is 0 Å². The van der Waals surface area contributed by atoms with Crippen molar-refractivity contribution in [3.8, 4) is 11.3 Å². The van der Waals surface area contributed by atoms with Gasteiger partial charge in [-0.3, -0.25) is 11.3 Å². The second kappa shape index (κ2) is 6.61. The number of hydrazine groups is 1. The minimum atomic E-state index is 0.102. The largest absolute Gasteiger partial charge is 0.383 e. The van der Waals surface area contributed by atoms with Crippen LogP contribution < -0.4 is 11.3 Å². The molecule has 0 amide bonds. The maximum atomic E-state index is 5.47. The van der Waals surface area contributed by atoms with Crippen LogP contribution in [0, 0.1) is 0 Å². The molecule has 1 atom stereocenters. The molecule has 0 bridgehead atoms. The number of aromatic nitrogens is 1. The van der Waals surface area contributed by atoms with Gasteiger partial charge in [-0.2, -0.15) is 0 Å². The van der Waals surface area contributed by atoms with Crippen LogP contribution in [0.15, 0.2) is 35.7 Å². The van der Waals surface area contributed by atoms with Crippen LogP contribution in [0.5, 0.6) is 0 Å². The summed E-state index contributed by atoms with van der Waals surface area (Å²) in [5.41, 5.74) is 4.90. The van der Waals surface area contributed by atoms with Gasteiger partial charge in [0.1, 0.15) is 0 Å². The highest BCUT2D eigenvalue weighted by atomic mass is 32.1. The highest BCUT2D eigenvalue weighted by molar-refractivity contribution is 7.09. The standard InChI is InChI=1S/C13H17N3OS/c1-17-8-11(16-14)7-13-15-12(9-18-13)10-5-3-2-4-6-10/h2-6,9,11,16H,7-8,14H2,1H3. The second-order valence-electron chi connectivity index (χ2n) is 4.02. The Labute approximate surface area is 111 Å². The number of ether oxygens (including phenoxy) is 1. The molecule has 2 aromatic rings. The lowest BCUT2D eigenvalue weighted by Gasteiger charge is -2.12. The SMILES string of the molecule is COCC(Cc1nc(-c2ccccc2)cs1)NN. The summed E-state index contributed by atoms with van der Waals surface area (Å²) in [7, 11) is 1.67. The monoisotopic (exact) mass is 263 g/mol. The van der Waals surface area contributed by atoms with Gasteiger partial charge in [0.05, 0.1) is 23.4 Å². The van der Waals surface area contributed by atoms with Gasteiger partial charge >= 0.3 is 0 Å². The number of nitrogens with one attached hydrogen (secondary N) is 1. The van der Waals surface area contributed by atoms with Gasteiger partial charge in [0.2, 0.25) is 0 Å². The van der Waals surface area contributed by atoms with E-state index in [1.54, 1.807) is 18.4 Å². The van der Waals surface area contributed by atoms with Crippen molar-refractivity contribution in [2.45, 2.75) is 12.5 Å². The average Bonchev–Trinajstić information content (AvgIpc) is 2.88. The maximum Gasteiger partial charge on any atom is 0.0949 e. The Balaban J connectivity index is 2.06. The highest BCUT2D eigenvalue weighted by Crippen LogP contribution is 2.22. The molecule has 1 aromatic heterocycles. The molecule has 0 saturated heterocycles. The average molecular weight is 263 g/mol. The molecule has 1 aromatic carbocycles. The van der Waals surface area contributed by atoms with E-state index in [0.29, 0.717) is 6.61 Å². The van der Waals surface area contributed by atoms with E-state index in [9.17, 15) is 0 Å². The van der Waals surface area contributed by atoms with E-state index in [0.717, 1.165) is 22.7 Å². The Kier molecular flexibility index (Phi) is 4.83. The van der Waals surface area contributed by atoms with Crippen LogP contribution in [0.2, 0.25) is 0 Å². The van der Waals surface area contributed by atoms with Crippen molar-refractivity contribution in [3.63, 3.8) is 0 Å². The van der Waals surface area contributed by atoms with E-state index >= 15 is 0 Å². The molecule has 18 heavy (non-hydrogen) atoms. The van der Waals surface area contributed by atoms with Crippen LogP contribution in [0.25, 0.3) is 11.3 Å². The van der Waals surface area contributed by atoms with Gasteiger partial charge in [0.15, 0.2) is 0 Å². The Hall–Kier alpha value is -1.27. The Bertz CT molecular complexity index is 472. The third-order valence-electron chi connectivity index (χ3n) is 2.65. The summed E-state index contributed by atoms with van der Waals surface area (Å²) in [4.78, 5) is 4.62. The predicted octanol–water partition coefficient (Wildman–Crippen LogP) is 1.83. The van der Waals surface area contributed by atoms with Crippen molar-refractivity contribution in [2.75, 3.05) is 13.7 Å². The van der Waals surface area contributed by atoms with Crippen molar-refractivity contribution in [1.82, 2.24) is 10.4 Å². The van der Waals surface area contributed by atoms with E-state index in [-0.39, 0.29) is 6.04 Å². The minimum Gasteiger partial charge on any atom is -0.383 e. The van der Waals surface area contributed by atoms with Crippen LogP contribution in [0.3, 0.4) is 0 Å². The fraction of sp³-hybridized carbons (Fsp3) is 0.308. The van der Waals surface area contributed by atoms with Gasteiger partial charge in [0, 0.05) is 24.5 Å². The lowest BCUT2D eigenvalue weighted by atomic mass is 10.2. The molecule has 96 valence electrons. The predicted molar refractivity (Wildman–Crippen MR) is 74.2 cm³/mol. The number of nitrogens with two attached hydrogens (primary N) is 1. The topological polar surface area (TPSA) is 60.2 Å². The number of benzene rings is 1. The molecule has 4 nitrogen and oxygen atoms in total. The number of hydrogen-bond acceptors (Lipinski definition) is 5. The van der Waals surface area contributed by atoms with E-state index < -0.39 is 0 Å². The van der Waals surface area contributed by atoms with Crippen molar-refractivity contribution in [3.05, 3.63) is 40.7 Å². The van der Waals surface area contributed by atoms with Crippen LogP contribution in [0.1, 0.15) is 5.01 Å². The van der Waals surface area contributed by atoms with Crippen molar-refractivity contribution in [2.24, 2.45) is 5.84 Å². The fourth-order valence-electron chi connectivity index (χ4n) is 1.72. The van der Waals surface area contributed by atoms with E-state index in [1.165, 1.54) is 0 Å². The first kappa shape index (κ1) is 13.2. The Morgan fingerprint density at radius 3 is 2.83 bits per heavy atom. The molecule has 1 heterocycles. The second-order valence-corrected chi connectivity index (χ2v) is 4.96. The molecular weight excluding hydrogens is 246 g/mol. The first-order valence-corrected chi connectivity index (χ1v) is 6.66. The van der Waals surface area contributed by atoms with Crippen molar-refractivity contribution >= 4 is 11.3 Å². The number of nitrogens with zero attached hydrogens (tertiary/aromatic N) is 1. The highest BCUT2D eigenvalue weighted by Gasteiger charge is 2.11. The smallest absolute Gasteiger partial charge is 0.0949 e. The molecule has 2 rings (SSSR count). The number of thiazole rings is 1. The van der Waals surface area contributed by atoms with Crippen molar-refractivity contribution < 1.29 is 4.74 Å². The van der Waals surface area contributed by atoms with Crippen LogP contribution in [-0.2, 0) is 11.2 Å². The van der Waals surface area contributed by atoms with Gasteiger partial charge < -0.3 is 4.74 Å². The molecule has 0 aliphatic carbocycles. The molecule has 0 saturated carbocycles. The van der Waals surface area contributed by atoms with Gasteiger partial charge in [0.25, 0.3) is 0 Å². The van der Waals surface area contributed by atoms with Crippen LogP contribution >= 0.6 is 11.3 Å². The first-order valence-electron chi connectivity index (χ1n) is 5.78. The van der Waals surface area contributed by atoms with Crippen molar-refractivity contribution in [1.29, 1.82) is 0 Å². The molecule has 0 aliphatic rings. The summed E-state index contributed by atoms with van der Waals surface area (Å²) in [6.07, 6.45) is 0.780. The number of methoxy groups -OCH3 is 1. The molecule has 0 fully saturated rings. The Morgan fingerprint density at radius 2 is 2.17 bits per heavy atom. The van der Waals surface area contributed by atoms with E-state index in [1.807, 2.05) is 18.2 Å². The molecule has 0 spiro atoms. The summed E-state index contributed by atoms with van der Waals surface area (Å²) in [6.45, 7) is 0.580. The lowest BCUT2D eigenvalue weighted by Crippen LogP contribution is -2.40. The zero-order valence-electron chi connectivity index (χ0n) is 10.3. The van der Waals surface area contributed by atoms with Gasteiger partial charge in [-0.05, 0) is 0 Å². The number of rotatable bonds is 6.